The van der Waals surface area contributed by atoms with Crippen LogP contribution in [0.15, 0.2) is 40.8 Å². The Morgan fingerprint density at radius 3 is 2.70 bits per heavy atom. The molecule has 0 fully saturated rings. The minimum absolute atomic E-state index is 0.443. The molecule has 5 heteroatoms. The minimum atomic E-state index is -0.443. The Bertz CT molecular complexity index is 734. The molecule has 3 aromatic rings. The summed E-state index contributed by atoms with van der Waals surface area (Å²) in [4.78, 5) is 0. The van der Waals surface area contributed by atoms with E-state index >= 15 is 0 Å². The molecule has 0 aliphatic heterocycles. The summed E-state index contributed by atoms with van der Waals surface area (Å²) >= 11 is 0. The lowest BCUT2D eigenvalue weighted by atomic mass is 10.1. The van der Waals surface area contributed by atoms with E-state index in [0.29, 0.717) is 17.3 Å². The van der Waals surface area contributed by atoms with Crippen LogP contribution in [0.25, 0.3) is 11.0 Å². The Kier molecular flexibility index (Phi) is 3.12. The summed E-state index contributed by atoms with van der Waals surface area (Å²) < 4.78 is 10.7. The molecule has 2 aromatic heterocycles. The van der Waals surface area contributed by atoms with Gasteiger partial charge in [0.05, 0.1) is 12.8 Å². The number of furan rings is 1. The molecule has 20 heavy (non-hydrogen) atoms. The number of benzene rings is 1. The molecule has 0 aliphatic carbocycles. The van der Waals surface area contributed by atoms with Gasteiger partial charge in [0.2, 0.25) is 5.88 Å². The van der Waals surface area contributed by atoms with Crippen molar-refractivity contribution in [2.24, 2.45) is 5.73 Å². The quantitative estimate of drug-likeness (QED) is 0.791. The fraction of sp³-hybridized carbons (Fsp3) is 0.200. The zero-order valence-electron chi connectivity index (χ0n) is 11.3. The van der Waals surface area contributed by atoms with Crippen LogP contribution < -0.4 is 10.5 Å². The van der Waals surface area contributed by atoms with Crippen LogP contribution in [0.4, 0.5) is 0 Å². The fourth-order valence-corrected chi connectivity index (χ4v) is 2.09. The first-order chi connectivity index (χ1) is 9.67. The van der Waals surface area contributed by atoms with Gasteiger partial charge in [0.1, 0.15) is 17.4 Å². The summed E-state index contributed by atoms with van der Waals surface area (Å²) in [5, 5.41) is 9.01. The molecule has 0 spiro atoms. The van der Waals surface area contributed by atoms with Gasteiger partial charge in [-0.2, -0.15) is 0 Å². The monoisotopic (exact) mass is 269 g/mol. The molecule has 0 saturated heterocycles. The number of fused-ring (bicyclic) bond motifs is 1. The van der Waals surface area contributed by atoms with Crippen LogP contribution in [0.3, 0.4) is 0 Å². The van der Waals surface area contributed by atoms with E-state index in [2.05, 4.69) is 16.3 Å². The second-order valence-corrected chi connectivity index (χ2v) is 4.67. The van der Waals surface area contributed by atoms with E-state index in [0.717, 1.165) is 11.0 Å². The molecule has 1 aromatic carbocycles. The third-order valence-corrected chi connectivity index (χ3v) is 3.19. The lowest BCUT2D eigenvalue weighted by Gasteiger charge is -2.07. The zero-order chi connectivity index (χ0) is 14.1. The van der Waals surface area contributed by atoms with Crippen LogP contribution >= 0.6 is 0 Å². The smallest absolute Gasteiger partial charge is 0.233 e. The average molecular weight is 269 g/mol. The lowest BCUT2D eigenvalue weighted by molar-refractivity contribution is 0.390. The van der Waals surface area contributed by atoms with E-state index in [-0.39, 0.29) is 0 Å². The number of aryl methyl sites for hydroxylation is 1. The molecule has 0 aliphatic rings. The van der Waals surface area contributed by atoms with E-state index in [1.807, 2.05) is 25.1 Å². The van der Waals surface area contributed by atoms with Crippen LogP contribution in [0.5, 0.6) is 5.88 Å². The van der Waals surface area contributed by atoms with Gasteiger partial charge in [0, 0.05) is 11.5 Å². The van der Waals surface area contributed by atoms with Crippen LogP contribution in [0.2, 0.25) is 0 Å². The summed E-state index contributed by atoms with van der Waals surface area (Å²) in [5.74, 6) is 1.13. The second kappa shape index (κ2) is 4.94. The van der Waals surface area contributed by atoms with Gasteiger partial charge in [-0.15, -0.1) is 10.2 Å². The van der Waals surface area contributed by atoms with E-state index < -0.39 is 6.04 Å². The van der Waals surface area contributed by atoms with Gasteiger partial charge in [0.25, 0.3) is 0 Å². The third kappa shape index (κ3) is 2.23. The molecule has 3 rings (SSSR count). The summed E-state index contributed by atoms with van der Waals surface area (Å²) in [5.41, 5.74) is 8.82. The summed E-state index contributed by atoms with van der Waals surface area (Å²) in [6.07, 6.45) is 0. The van der Waals surface area contributed by atoms with Crippen molar-refractivity contribution in [3.05, 3.63) is 53.4 Å². The van der Waals surface area contributed by atoms with Gasteiger partial charge < -0.3 is 14.9 Å². The summed E-state index contributed by atoms with van der Waals surface area (Å²) in [7, 11) is 1.55. The first-order valence-corrected chi connectivity index (χ1v) is 6.30. The molecule has 0 bridgehead atoms. The molecule has 0 radical (unpaired) electrons. The summed E-state index contributed by atoms with van der Waals surface area (Å²) in [6.45, 7) is 2.04. The highest BCUT2D eigenvalue weighted by Gasteiger charge is 2.16. The summed E-state index contributed by atoms with van der Waals surface area (Å²) in [6, 6.07) is 11.0. The Labute approximate surface area is 116 Å². The number of hydrogen-bond acceptors (Lipinski definition) is 5. The van der Waals surface area contributed by atoms with Gasteiger partial charge in [-0.3, -0.25) is 0 Å². The van der Waals surface area contributed by atoms with E-state index in [4.69, 9.17) is 14.9 Å². The standard InChI is InChI=1S/C15H15N3O2/c1-9-3-5-12-10(7-9)8-13(20-12)15(16)11-4-6-14(19-2)18-17-11/h3-8,15H,16H2,1-2H3. The van der Waals surface area contributed by atoms with Crippen molar-refractivity contribution in [3.8, 4) is 5.88 Å². The maximum Gasteiger partial charge on any atom is 0.233 e. The number of ether oxygens (including phenoxy) is 1. The largest absolute Gasteiger partial charge is 0.480 e. The van der Waals surface area contributed by atoms with Gasteiger partial charge in [0.15, 0.2) is 0 Å². The second-order valence-electron chi connectivity index (χ2n) is 4.67. The number of methoxy groups -OCH3 is 1. The van der Waals surface area contributed by atoms with Crippen LogP contribution in [0, 0.1) is 6.92 Å². The highest BCUT2D eigenvalue weighted by atomic mass is 16.5. The fourth-order valence-electron chi connectivity index (χ4n) is 2.09. The third-order valence-electron chi connectivity index (χ3n) is 3.19. The normalized spacial score (nSPS) is 12.6. The lowest BCUT2D eigenvalue weighted by Crippen LogP contribution is -2.13. The Morgan fingerprint density at radius 1 is 1.15 bits per heavy atom. The van der Waals surface area contributed by atoms with Gasteiger partial charge in [-0.25, -0.2) is 0 Å². The molecular weight excluding hydrogens is 254 g/mol. The molecule has 2 heterocycles. The Morgan fingerprint density at radius 2 is 2.00 bits per heavy atom. The molecule has 1 atom stereocenters. The minimum Gasteiger partial charge on any atom is -0.480 e. The van der Waals surface area contributed by atoms with E-state index in [1.165, 1.54) is 5.56 Å². The molecule has 0 saturated carbocycles. The van der Waals surface area contributed by atoms with Gasteiger partial charge >= 0.3 is 0 Å². The van der Waals surface area contributed by atoms with Gasteiger partial charge in [-0.1, -0.05) is 11.6 Å². The predicted molar refractivity (Wildman–Crippen MR) is 75.6 cm³/mol. The van der Waals surface area contributed by atoms with Crippen LogP contribution in [-0.4, -0.2) is 17.3 Å². The molecule has 0 amide bonds. The molecule has 2 N–H and O–H groups in total. The van der Waals surface area contributed by atoms with Crippen molar-refractivity contribution >= 4 is 11.0 Å². The van der Waals surface area contributed by atoms with Crippen molar-refractivity contribution in [2.75, 3.05) is 7.11 Å². The number of hydrogen-bond donors (Lipinski definition) is 1. The van der Waals surface area contributed by atoms with Crippen molar-refractivity contribution in [2.45, 2.75) is 13.0 Å². The molecule has 1 unspecified atom stereocenters. The van der Waals surface area contributed by atoms with Crippen molar-refractivity contribution in [1.29, 1.82) is 0 Å². The first-order valence-electron chi connectivity index (χ1n) is 6.30. The first kappa shape index (κ1) is 12.6. The topological polar surface area (TPSA) is 74.2 Å². The Balaban J connectivity index is 1.96. The van der Waals surface area contributed by atoms with Gasteiger partial charge in [-0.05, 0) is 31.2 Å². The van der Waals surface area contributed by atoms with Crippen LogP contribution in [0.1, 0.15) is 23.1 Å². The van der Waals surface area contributed by atoms with Crippen molar-refractivity contribution < 1.29 is 9.15 Å². The van der Waals surface area contributed by atoms with E-state index in [1.54, 1.807) is 19.2 Å². The zero-order valence-corrected chi connectivity index (χ0v) is 11.3. The average Bonchev–Trinajstić information content (AvgIpc) is 2.89. The Hall–Kier alpha value is -2.40. The van der Waals surface area contributed by atoms with Crippen molar-refractivity contribution in [3.63, 3.8) is 0 Å². The predicted octanol–water partition coefficient (Wildman–Crippen LogP) is 2.59. The molecular formula is C15H15N3O2. The SMILES string of the molecule is COc1ccc(C(N)c2cc3cc(C)ccc3o2)nn1. The maximum atomic E-state index is 6.17. The maximum absolute atomic E-state index is 6.17. The van der Waals surface area contributed by atoms with Crippen molar-refractivity contribution in [1.82, 2.24) is 10.2 Å². The molecule has 5 nitrogen and oxygen atoms in total. The number of nitrogens with two attached hydrogens (primary N) is 1. The van der Waals surface area contributed by atoms with Crippen LogP contribution in [-0.2, 0) is 0 Å². The van der Waals surface area contributed by atoms with E-state index in [9.17, 15) is 0 Å². The number of rotatable bonds is 3. The highest BCUT2D eigenvalue weighted by Crippen LogP contribution is 2.26. The number of nitrogens with zero attached hydrogens (tertiary/aromatic N) is 2. The molecule has 102 valence electrons. The number of aromatic nitrogens is 2. The highest BCUT2D eigenvalue weighted by molar-refractivity contribution is 5.78.